The minimum Gasteiger partial charge on any atom is -0.377 e. The smallest absolute Gasteiger partial charge is 0.247 e. The van der Waals surface area contributed by atoms with E-state index < -0.39 is 5.41 Å². The molecule has 1 aliphatic rings. The van der Waals surface area contributed by atoms with E-state index in [0.29, 0.717) is 6.54 Å². The molecule has 0 atom stereocenters. The Hall–Kier alpha value is -2.32. The first kappa shape index (κ1) is 12.7. The van der Waals surface area contributed by atoms with Crippen molar-refractivity contribution >= 4 is 16.8 Å². The Labute approximate surface area is 116 Å². The number of nitrogens with zero attached hydrogens (tertiary/aromatic N) is 2. The van der Waals surface area contributed by atoms with E-state index in [-0.39, 0.29) is 19.1 Å². The molecule has 0 radical (unpaired) electrons. The second kappa shape index (κ2) is 4.66. The molecule has 1 aromatic carbocycles. The highest BCUT2D eigenvalue weighted by molar-refractivity contribution is 5.87. The van der Waals surface area contributed by atoms with E-state index in [1.54, 1.807) is 11.9 Å². The van der Waals surface area contributed by atoms with Crippen LogP contribution in [0.1, 0.15) is 5.56 Å². The summed E-state index contributed by atoms with van der Waals surface area (Å²) in [5.74, 6) is -0.170. The molecule has 0 spiro atoms. The largest absolute Gasteiger partial charge is 0.377 e. The van der Waals surface area contributed by atoms with Gasteiger partial charge in [-0.05, 0) is 11.6 Å². The predicted octanol–water partition coefficient (Wildman–Crippen LogP) is 1.67. The summed E-state index contributed by atoms with van der Waals surface area (Å²) in [6.45, 7) is 0.868. The highest BCUT2D eigenvalue weighted by Gasteiger charge is 2.48. The summed E-state index contributed by atoms with van der Waals surface area (Å²) < 4.78 is 5.03. The van der Waals surface area contributed by atoms with E-state index in [1.165, 1.54) is 0 Å². The number of amides is 1. The van der Waals surface area contributed by atoms with Crippen molar-refractivity contribution in [1.82, 2.24) is 9.88 Å². The Morgan fingerprint density at radius 3 is 2.90 bits per heavy atom. The zero-order chi connectivity index (χ0) is 14.2. The zero-order valence-electron chi connectivity index (χ0n) is 11.2. The lowest BCUT2D eigenvalue weighted by molar-refractivity contribution is -0.160. The lowest BCUT2D eigenvalue weighted by Gasteiger charge is -2.36. The maximum absolute atomic E-state index is 12.4. The Morgan fingerprint density at radius 1 is 1.50 bits per heavy atom. The fraction of sp³-hybridized carbons (Fsp3) is 0.333. The monoisotopic (exact) mass is 269 g/mol. The van der Waals surface area contributed by atoms with E-state index in [4.69, 9.17) is 4.74 Å². The molecule has 0 aliphatic carbocycles. The Balaban J connectivity index is 1.81. The molecule has 1 amide bonds. The van der Waals surface area contributed by atoms with Crippen molar-refractivity contribution in [3.63, 3.8) is 0 Å². The number of fused-ring (bicyclic) bond motifs is 1. The number of aromatic nitrogens is 1. The third-order valence-corrected chi connectivity index (χ3v) is 3.75. The summed E-state index contributed by atoms with van der Waals surface area (Å²) in [6.07, 6.45) is 1.91. The molecular weight excluding hydrogens is 254 g/mol. The molecule has 0 unspecified atom stereocenters. The number of nitrogens with one attached hydrogen (secondary N) is 1. The minimum atomic E-state index is -0.985. The minimum absolute atomic E-state index is 0.170. The van der Waals surface area contributed by atoms with Crippen LogP contribution in [-0.2, 0) is 16.1 Å². The van der Waals surface area contributed by atoms with Gasteiger partial charge in [-0.2, -0.15) is 5.26 Å². The third-order valence-electron chi connectivity index (χ3n) is 3.75. The fourth-order valence-electron chi connectivity index (χ4n) is 2.50. The maximum Gasteiger partial charge on any atom is 0.247 e. The van der Waals surface area contributed by atoms with Gasteiger partial charge in [0.25, 0.3) is 0 Å². The van der Waals surface area contributed by atoms with Crippen molar-refractivity contribution in [3.05, 3.63) is 36.0 Å². The van der Waals surface area contributed by atoms with Gasteiger partial charge in [0.1, 0.15) is 0 Å². The van der Waals surface area contributed by atoms with Gasteiger partial charge in [0, 0.05) is 30.7 Å². The molecular formula is C15H15N3O2. The van der Waals surface area contributed by atoms with Crippen LogP contribution in [0.5, 0.6) is 0 Å². The van der Waals surface area contributed by atoms with Gasteiger partial charge in [-0.1, -0.05) is 18.2 Å². The maximum atomic E-state index is 12.4. The van der Waals surface area contributed by atoms with Crippen molar-refractivity contribution in [2.24, 2.45) is 5.41 Å². The quantitative estimate of drug-likeness (QED) is 0.921. The molecule has 1 N–H and O–H groups in total. The van der Waals surface area contributed by atoms with E-state index in [9.17, 15) is 10.1 Å². The van der Waals surface area contributed by atoms with Gasteiger partial charge in [0.2, 0.25) is 5.91 Å². The molecule has 1 aliphatic heterocycles. The number of benzene rings is 1. The molecule has 102 valence electrons. The SMILES string of the molecule is CN(Cc1c[nH]c2ccccc12)C(=O)C1(C#N)COC1. The van der Waals surface area contributed by atoms with Gasteiger partial charge in [-0.25, -0.2) is 0 Å². The number of hydrogen-bond donors (Lipinski definition) is 1. The number of rotatable bonds is 3. The van der Waals surface area contributed by atoms with Crippen molar-refractivity contribution in [2.75, 3.05) is 20.3 Å². The second-order valence-corrected chi connectivity index (χ2v) is 5.21. The van der Waals surface area contributed by atoms with Crippen LogP contribution in [0, 0.1) is 16.7 Å². The molecule has 1 saturated heterocycles. The topological polar surface area (TPSA) is 69.1 Å². The third kappa shape index (κ3) is 1.86. The molecule has 2 aromatic rings. The van der Waals surface area contributed by atoms with Gasteiger partial charge in [-0.15, -0.1) is 0 Å². The standard InChI is InChI=1S/C15H15N3O2/c1-18(14(19)15(8-16)9-20-10-15)7-11-6-17-13-5-3-2-4-12(11)13/h2-6,17H,7,9-10H2,1H3. The van der Waals surface area contributed by atoms with Crippen molar-refractivity contribution in [3.8, 4) is 6.07 Å². The highest BCUT2D eigenvalue weighted by Crippen LogP contribution is 2.29. The van der Waals surface area contributed by atoms with Crippen LogP contribution in [0.3, 0.4) is 0 Å². The lowest BCUT2D eigenvalue weighted by atomic mass is 9.86. The first-order valence-corrected chi connectivity index (χ1v) is 6.46. The fourth-order valence-corrected chi connectivity index (χ4v) is 2.50. The van der Waals surface area contributed by atoms with Crippen molar-refractivity contribution in [1.29, 1.82) is 5.26 Å². The lowest BCUT2D eigenvalue weighted by Crippen LogP contribution is -2.53. The Bertz CT molecular complexity index is 694. The molecule has 5 heteroatoms. The van der Waals surface area contributed by atoms with Crippen LogP contribution >= 0.6 is 0 Å². The highest BCUT2D eigenvalue weighted by atomic mass is 16.5. The number of para-hydroxylation sites is 1. The van der Waals surface area contributed by atoms with E-state index in [2.05, 4.69) is 11.1 Å². The average Bonchev–Trinajstić information content (AvgIpc) is 2.81. The zero-order valence-corrected chi connectivity index (χ0v) is 11.2. The van der Waals surface area contributed by atoms with Crippen molar-refractivity contribution < 1.29 is 9.53 Å². The molecule has 20 heavy (non-hydrogen) atoms. The number of nitriles is 1. The van der Waals surface area contributed by atoms with Crippen LogP contribution < -0.4 is 0 Å². The first-order chi connectivity index (χ1) is 9.66. The summed E-state index contributed by atoms with van der Waals surface area (Å²) >= 11 is 0. The number of ether oxygens (including phenoxy) is 1. The number of carbonyl (C=O) groups is 1. The van der Waals surface area contributed by atoms with E-state index >= 15 is 0 Å². The van der Waals surface area contributed by atoms with Crippen LogP contribution in [-0.4, -0.2) is 36.1 Å². The Kier molecular flexibility index (Phi) is 2.96. The van der Waals surface area contributed by atoms with Gasteiger partial charge < -0.3 is 14.6 Å². The molecule has 0 saturated carbocycles. The van der Waals surface area contributed by atoms with E-state index in [1.807, 2.05) is 30.5 Å². The first-order valence-electron chi connectivity index (χ1n) is 6.46. The number of carbonyl (C=O) groups excluding carboxylic acids is 1. The van der Waals surface area contributed by atoms with Gasteiger partial charge in [0.15, 0.2) is 5.41 Å². The average molecular weight is 269 g/mol. The molecule has 3 rings (SSSR count). The van der Waals surface area contributed by atoms with Gasteiger partial charge >= 0.3 is 0 Å². The summed E-state index contributed by atoms with van der Waals surface area (Å²) in [7, 11) is 1.72. The Morgan fingerprint density at radius 2 is 2.25 bits per heavy atom. The summed E-state index contributed by atoms with van der Waals surface area (Å²) in [6, 6.07) is 10.0. The molecule has 5 nitrogen and oxygen atoms in total. The summed E-state index contributed by atoms with van der Waals surface area (Å²) in [5.41, 5.74) is 1.11. The summed E-state index contributed by atoms with van der Waals surface area (Å²) in [4.78, 5) is 17.1. The molecule has 2 heterocycles. The molecule has 1 aromatic heterocycles. The molecule has 1 fully saturated rings. The number of H-pyrrole nitrogens is 1. The number of aromatic amines is 1. The van der Waals surface area contributed by atoms with Crippen LogP contribution in [0.2, 0.25) is 0 Å². The predicted molar refractivity (Wildman–Crippen MR) is 73.6 cm³/mol. The second-order valence-electron chi connectivity index (χ2n) is 5.21. The van der Waals surface area contributed by atoms with Gasteiger partial charge in [0.05, 0.1) is 19.3 Å². The van der Waals surface area contributed by atoms with Crippen LogP contribution in [0.25, 0.3) is 10.9 Å². The van der Waals surface area contributed by atoms with Gasteiger partial charge in [-0.3, -0.25) is 4.79 Å². The van der Waals surface area contributed by atoms with Crippen LogP contribution in [0.4, 0.5) is 0 Å². The van der Waals surface area contributed by atoms with Crippen molar-refractivity contribution in [2.45, 2.75) is 6.54 Å². The molecule has 0 bridgehead atoms. The van der Waals surface area contributed by atoms with E-state index in [0.717, 1.165) is 16.5 Å². The normalized spacial score (nSPS) is 16.4. The van der Waals surface area contributed by atoms with Crippen LogP contribution in [0.15, 0.2) is 30.5 Å². The number of hydrogen-bond acceptors (Lipinski definition) is 3. The summed E-state index contributed by atoms with van der Waals surface area (Å²) in [5, 5.41) is 10.3.